The molecule has 0 radical (unpaired) electrons. The smallest absolute Gasteiger partial charge is 0.328 e. The third-order valence-corrected chi connectivity index (χ3v) is 5.96. The number of hydrogen-bond donors (Lipinski definition) is 3. The lowest BCUT2D eigenvalue weighted by Crippen LogP contribution is -2.39. The summed E-state index contributed by atoms with van der Waals surface area (Å²) in [6, 6.07) is 12.2. The maximum atomic E-state index is 12.3. The molecule has 29 heavy (non-hydrogen) atoms. The predicted octanol–water partition coefficient (Wildman–Crippen LogP) is 3.59. The number of thioether (sulfide) groups is 1. The highest BCUT2D eigenvalue weighted by molar-refractivity contribution is 7.97. The summed E-state index contributed by atoms with van der Waals surface area (Å²) in [5.74, 6) is 0.590. The molecule has 0 spiro atoms. The van der Waals surface area contributed by atoms with Crippen LogP contribution >= 0.6 is 11.8 Å². The van der Waals surface area contributed by atoms with Gasteiger partial charge in [-0.3, -0.25) is 4.79 Å². The first kappa shape index (κ1) is 22.8. The number of amides is 3. The maximum Gasteiger partial charge on any atom is 0.328 e. The molecule has 0 saturated heterocycles. The van der Waals surface area contributed by atoms with Gasteiger partial charge < -0.3 is 10.6 Å². The van der Waals surface area contributed by atoms with E-state index in [9.17, 15) is 18.0 Å². The molecule has 0 bridgehead atoms. The molecule has 9 heteroatoms. The molecule has 0 fully saturated rings. The maximum absolute atomic E-state index is 12.3. The van der Waals surface area contributed by atoms with E-state index in [2.05, 4.69) is 10.6 Å². The Labute approximate surface area is 175 Å². The van der Waals surface area contributed by atoms with Crippen LogP contribution in [0.15, 0.2) is 53.4 Å². The van der Waals surface area contributed by atoms with Crippen molar-refractivity contribution in [2.45, 2.75) is 30.4 Å². The number of nitrogens with one attached hydrogen (secondary N) is 3. The van der Waals surface area contributed by atoms with Crippen LogP contribution in [-0.4, -0.2) is 33.2 Å². The lowest BCUT2D eigenvalue weighted by Gasteiger charge is -2.10. The Morgan fingerprint density at radius 1 is 1.00 bits per heavy atom. The molecule has 2 aromatic carbocycles. The van der Waals surface area contributed by atoms with Crippen LogP contribution in [0.1, 0.15) is 35.7 Å². The van der Waals surface area contributed by atoms with Gasteiger partial charge in [-0.1, -0.05) is 25.5 Å². The molecule has 3 N–H and O–H groups in total. The Bertz CT molecular complexity index is 927. The lowest BCUT2D eigenvalue weighted by atomic mass is 10.1. The van der Waals surface area contributed by atoms with Gasteiger partial charge in [-0.2, -0.15) is 11.8 Å². The number of benzene rings is 2. The molecular formula is C20H25N3O4S2. The van der Waals surface area contributed by atoms with E-state index < -0.39 is 16.1 Å². The fourth-order valence-electron chi connectivity index (χ4n) is 2.44. The number of hydrogen-bond acceptors (Lipinski definition) is 5. The van der Waals surface area contributed by atoms with Crippen molar-refractivity contribution in [3.63, 3.8) is 0 Å². The zero-order chi connectivity index (χ0) is 21.3. The molecule has 0 saturated carbocycles. The van der Waals surface area contributed by atoms with E-state index in [0.29, 0.717) is 17.8 Å². The second-order valence-electron chi connectivity index (χ2n) is 6.32. The molecule has 0 aromatic heterocycles. The Hall–Kier alpha value is -2.52. The summed E-state index contributed by atoms with van der Waals surface area (Å²) in [6.45, 7) is 2.37. The summed E-state index contributed by atoms with van der Waals surface area (Å²) < 4.78 is 26.5. The Balaban J connectivity index is 1.98. The number of unbranched alkanes of at least 4 members (excludes halogenated alkanes) is 1. The minimum atomic E-state index is -3.98. The zero-order valence-electron chi connectivity index (χ0n) is 16.4. The normalized spacial score (nSPS) is 11.0. The van der Waals surface area contributed by atoms with Gasteiger partial charge in [0, 0.05) is 23.5 Å². The van der Waals surface area contributed by atoms with E-state index in [4.69, 9.17) is 0 Å². The Morgan fingerprint density at radius 3 is 2.24 bits per heavy atom. The van der Waals surface area contributed by atoms with Gasteiger partial charge >= 0.3 is 6.03 Å². The SMILES string of the molecule is CCCCNC(=O)NS(=O)(=O)c1ccc(NC(=O)c2ccc(CSC)cc2)cc1. The third kappa shape index (κ3) is 7.10. The van der Waals surface area contributed by atoms with Crippen molar-refractivity contribution in [2.24, 2.45) is 0 Å². The summed E-state index contributed by atoms with van der Waals surface area (Å²) in [4.78, 5) is 24.0. The lowest BCUT2D eigenvalue weighted by molar-refractivity contribution is 0.102. The van der Waals surface area contributed by atoms with Crippen LogP contribution < -0.4 is 15.4 Å². The molecule has 156 valence electrons. The second kappa shape index (κ2) is 10.9. The molecule has 3 amide bonds. The van der Waals surface area contributed by atoms with Crippen molar-refractivity contribution in [1.29, 1.82) is 0 Å². The largest absolute Gasteiger partial charge is 0.337 e. The molecule has 2 aromatic rings. The van der Waals surface area contributed by atoms with Crippen LogP contribution in [-0.2, 0) is 15.8 Å². The fourth-order valence-corrected chi connectivity index (χ4v) is 3.89. The van der Waals surface area contributed by atoms with Gasteiger partial charge in [0.25, 0.3) is 15.9 Å². The number of sulfonamides is 1. The number of carbonyl (C=O) groups is 2. The number of carbonyl (C=O) groups excluding carboxylic acids is 2. The van der Waals surface area contributed by atoms with Crippen molar-refractivity contribution in [3.05, 3.63) is 59.7 Å². The van der Waals surface area contributed by atoms with E-state index in [1.54, 1.807) is 23.9 Å². The first-order valence-electron chi connectivity index (χ1n) is 9.15. The van der Waals surface area contributed by atoms with Gasteiger partial charge in [-0.25, -0.2) is 17.9 Å². The molecule has 0 aliphatic carbocycles. The molecule has 0 heterocycles. The average molecular weight is 436 g/mol. The quantitative estimate of drug-likeness (QED) is 0.522. The van der Waals surface area contributed by atoms with Crippen LogP contribution in [0.5, 0.6) is 0 Å². The zero-order valence-corrected chi connectivity index (χ0v) is 18.0. The summed E-state index contributed by atoms with van der Waals surface area (Å²) >= 11 is 1.70. The summed E-state index contributed by atoms with van der Waals surface area (Å²) in [5, 5.41) is 5.21. The Kier molecular flexibility index (Phi) is 8.53. The van der Waals surface area contributed by atoms with Gasteiger partial charge in [0.05, 0.1) is 4.90 Å². The van der Waals surface area contributed by atoms with Gasteiger partial charge in [0.15, 0.2) is 0 Å². The number of urea groups is 1. The van der Waals surface area contributed by atoms with Crippen LogP contribution in [0.4, 0.5) is 10.5 Å². The Morgan fingerprint density at radius 2 is 1.66 bits per heavy atom. The minimum absolute atomic E-state index is 0.0671. The second-order valence-corrected chi connectivity index (χ2v) is 8.87. The van der Waals surface area contributed by atoms with Crippen molar-refractivity contribution < 1.29 is 18.0 Å². The number of rotatable bonds is 9. The fraction of sp³-hybridized carbons (Fsp3) is 0.300. The molecule has 7 nitrogen and oxygen atoms in total. The van der Waals surface area contributed by atoms with Crippen molar-refractivity contribution >= 4 is 39.4 Å². The van der Waals surface area contributed by atoms with E-state index in [-0.39, 0.29) is 10.8 Å². The minimum Gasteiger partial charge on any atom is -0.337 e. The van der Waals surface area contributed by atoms with Crippen molar-refractivity contribution in [1.82, 2.24) is 10.0 Å². The van der Waals surface area contributed by atoms with E-state index >= 15 is 0 Å². The standard InChI is InChI=1S/C20H25N3O4S2/c1-3-4-13-21-20(25)23-29(26,27)18-11-9-17(10-12-18)22-19(24)16-7-5-15(6-8-16)14-28-2/h5-12H,3-4,13-14H2,1-2H3,(H,22,24)(H2,21,23,25). The monoisotopic (exact) mass is 435 g/mol. The first-order chi connectivity index (χ1) is 13.9. The van der Waals surface area contributed by atoms with Crippen LogP contribution in [0.3, 0.4) is 0 Å². The highest BCUT2D eigenvalue weighted by Crippen LogP contribution is 2.16. The van der Waals surface area contributed by atoms with Gasteiger partial charge in [-0.05, 0) is 54.6 Å². The molecule has 0 atom stereocenters. The predicted molar refractivity (Wildman–Crippen MR) is 117 cm³/mol. The summed E-state index contributed by atoms with van der Waals surface area (Å²) in [5.41, 5.74) is 2.10. The average Bonchev–Trinajstić information content (AvgIpc) is 2.69. The van der Waals surface area contributed by atoms with Crippen LogP contribution in [0.2, 0.25) is 0 Å². The van der Waals surface area contributed by atoms with Crippen molar-refractivity contribution in [2.75, 3.05) is 18.1 Å². The van der Waals surface area contributed by atoms with Gasteiger partial charge in [0.2, 0.25) is 0 Å². The summed E-state index contributed by atoms with van der Waals surface area (Å²) in [6.07, 6.45) is 3.67. The topological polar surface area (TPSA) is 104 Å². The highest BCUT2D eigenvalue weighted by atomic mass is 32.2. The van der Waals surface area contributed by atoms with Gasteiger partial charge in [-0.15, -0.1) is 0 Å². The molecule has 0 unspecified atom stereocenters. The highest BCUT2D eigenvalue weighted by Gasteiger charge is 2.17. The van der Waals surface area contributed by atoms with E-state index in [1.165, 1.54) is 24.3 Å². The number of anilines is 1. The first-order valence-corrected chi connectivity index (χ1v) is 12.0. The van der Waals surface area contributed by atoms with Gasteiger partial charge in [0.1, 0.15) is 0 Å². The van der Waals surface area contributed by atoms with Crippen LogP contribution in [0.25, 0.3) is 0 Å². The van der Waals surface area contributed by atoms with Crippen LogP contribution in [0, 0.1) is 0 Å². The molecular weight excluding hydrogens is 410 g/mol. The van der Waals surface area contributed by atoms with E-state index in [1.807, 2.05) is 30.0 Å². The molecule has 2 rings (SSSR count). The molecule has 0 aliphatic heterocycles. The summed E-state index contributed by atoms with van der Waals surface area (Å²) in [7, 11) is -3.98. The third-order valence-electron chi connectivity index (χ3n) is 3.99. The van der Waals surface area contributed by atoms with Crippen molar-refractivity contribution in [3.8, 4) is 0 Å². The van der Waals surface area contributed by atoms with E-state index in [0.717, 1.165) is 24.2 Å². The molecule has 0 aliphatic rings.